The third-order valence-electron chi connectivity index (χ3n) is 3.87. The second-order valence-electron chi connectivity index (χ2n) is 5.46. The van der Waals surface area contributed by atoms with E-state index in [-0.39, 0.29) is 12.6 Å². The van der Waals surface area contributed by atoms with Crippen molar-refractivity contribution in [1.82, 2.24) is 4.31 Å². The second kappa shape index (κ2) is 7.24. The van der Waals surface area contributed by atoms with Crippen molar-refractivity contribution in [3.63, 3.8) is 0 Å². The predicted molar refractivity (Wildman–Crippen MR) is 84.4 cm³/mol. The zero-order chi connectivity index (χ0) is 15.3. The van der Waals surface area contributed by atoms with Crippen LogP contribution in [0.3, 0.4) is 0 Å². The molecule has 0 radical (unpaired) electrons. The van der Waals surface area contributed by atoms with Crippen LogP contribution < -0.4 is 4.72 Å². The minimum Gasteiger partial charge on any atom is -0.395 e. The van der Waals surface area contributed by atoms with E-state index in [0.29, 0.717) is 18.7 Å². The Labute approximate surface area is 127 Å². The molecule has 1 unspecified atom stereocenters. The van der Waals surface area contributed by atoms with Crippen LogP contribution in [-0.4, -0.2) is 37.0 Å². The largest absolute Gasteiger partial charge is 0.395 e. The fourth-order valence-corrected chi connectivity index (χ4v) is 4.31. The van der Waals surface area contributed by atoms with Gasteiger partial charge in [-0.05, 0) is 30.9 Å². The van der Waals surface area contributed by atoms with Crippen LogP contribution in [0.15, 0.2) is 24.3 Å². The highest BCUT2D eigenvalue weighted by molar-refractivity contribution is 7.90. The van der Waals surface area contributed by atoms with E-state index >= 15 is 0 Å². The van der Waals surface area contributed by atoms with E-state index in [2.05, 4.69) is 11.6 Å². The summed E-state index contributed by atoms with van der Waals surface area (Å²) in [7, 11) is -3.62. The summed E-state index contributed by atoms with van der Waals surface area (Å²) in [5.74, 6) is 0. The van der Waals surface area contributed by atoms with Gasteiger partial charge in [0.2, 0.25) is 0 Å². The van der Waals surface area contributed by atoms with E-state index in [1.54, 1.807) is 6.07 Å². The molecule has 2 rings (SSSR count). The number of anilines is 1. The van der Waals surface area contributed by atoms with Gasteiger partial charge < -0.3 is 5.11 Å². The summed E-state index contributed by atoms with van der Waals surface area (Å²) in [5.41, 5.74) is 1.64. The lowest BCUT2D eigenvalue weighted by Crippen LogP contribution is -2.48. The van der Waals surface area contributed by atoms with Crippen molar-refractivity contribution in [1.29, 1.82) is 0 Å². The number of piperidine rings is 1. The predicted octanol–water partition coefficient (Wildman–Crippen LogP) is 2.14. The van der Waals surface area contributed by atoms with Gasteiger partial charge in [0.1, 0.15) is 0 Å². The SMILES string of the molecule is CCCc1ccccc1NS(=O)(=O)N1CCCCC1CO. The lowest BCUT2D eigenvalue weighted by Gasteiger charge is -2.33. The van der Waals surface area contributed by atoms with E-state index in [9.17, 15) is 13.5 Å². The molecule has 2 N–H and O–H groups in total. The number of nitrogens with one attached hydrogen (secondary N) is 1. The Hall–Kier alpha value is -1.11. The summed E-state index contributed by atoms with van der Waals surface area (Å²) in [5, 5.41) is 9.40. The zero-order valence-corrected chi connectivity index (χ0v) is 13.3. The van der Waals surface area contributed by atoms with E-state index in [1.807, 2.05) is 18.2 Å². The first kappa shape index (κ1) is 16.3. The highest BCUT2D eigenvalue weighted by Gasteiger charge is 2.32. The number of aryl methyl sites for hydroxylation is 1. The van der Waals surface area contributed by atoms with Crippen LogP contribution in [0.1, 0.15) is 38.2 Å². The number of aliphatic hydroxyl groups excluding tert-OH is 1. The van der Waals surface area contributed by atoms with E-state index in [1.165, 1.54) is 4.31 Å². The van der Waals surface area contributed by atoms with Crippen LogP contribution in [0.25, 0.3) is 0 Å². The van der Waals surface area contributed by atoms with Crippen LogP contribution in [0.2, 0.25) is 0 Å². The van der Waals surface area contributed by atoms with Gasteiger partial charge in [-0.1, -0.05) is 38.0 Å². The Balaban J connectivity index is 2.20. The summed E-state index contributed by atoms with van der Waals surface area (Å²) in [6, 6.07) is 7.17. The Morgan fingerprint density at radius 3 is 2.81 bits per heavy atom. The summed E-state index contributed by atoms with van der Waals surface area (Å²) >= 11 is 0. The molecule has 0 amide bonds. The molecule has 1 aliphatic heterocycles. The molecule has 1 saturated heterocycles. The third-order valence-corrected chi connectivity index (χ3v) is 5.44. The average molecular weight is 312 g/mol. The maximum Gasteiger partial charge on any atom is 0.301 e. The molecule has 21 heavy (non-hydrogen) atoms. The van der Waals surface area contributed by atoms with Gasteiger partial charge in [0.05, 0.1) is 12.3 Å². The number of benzene rings is 1. The van der Waals surface area contributed by atoms with Gasteiger partial charge in [-0.3, -0.25) is 4.72 Å². The van der Waals surface area contributed by atoms with Gasteiger partial charge in [-0.2, -0.15) is 12.7 Å². The maximum atomic E-state index is 12.6. The molecule has 1 atom stereocenters. The number of hydrogen-bond donors (Lipinski definition) is 2. The molecule has 0 bridgehead atoms. The van der Waals surface area contributed by atoms with Gasteiger partial charge in [0.25, 0.3) is 0 Å². The molecular formula is C15H24N2O3S. The summed E-state index contributed by atoms with van der Waals surface area (Å²) in [6.07, 6.45) is 4.32. The smallest absolute Gasteiger partial charge is 0.301 e. The van der Waals surface area contributed by atoms with Gasteiger partial charge >= 0.3 is 10.2 Å². The van der Waals surface area contributed by atoms with Crippen molar-refractivity contribution < 1.29 is 13.5 Å². The van der Waals surface area contributed by atoms with Crippen LogP contribution >= 0.6 is 0 Å². The van der Waals surface area contributed by atoms with Crippen molar-refractivity contribution in [2.45, 2.75) is 45.1 Å². The molecular weight excluding hydrogens is 288 g/mol. The van der Waals surface area contributed by atoms with Crippen molar-refractivity contribution >= 4 is 15.9 Å². The second-order valence-corrected chi connectivity index (χ2v) is 7.08. The first-order chi connectivity index (χ1) is 10.1. The van der Waals surface area contributed by atoms with Gasteiger partial charge in [0, 0.05) is 12.6 Å². The maximum absolute atomic E-state index is 12.6. The zero-order valence-electron chi connectivity index (χ0n) is 12.5. The molecule has 0 aliphatic carbocycles. The molecule has 1 aliphatic rings. The normalized spacial score (nSPS) is 20.4. The van der Waals surface area contributed by atoms with Crippen molar-refractivity contribution in [2.75, 3.05) is 17.9 Å². The van der Waals surface area contributed by atoms with Crippen LogP contribution in [0, 0.1) is 0 Å². The number of para-hydroxylation sites is 1. The van der Waals surface area contributed by atoms with Crippen LogP contribution in [0.5, 0.6) is 0 Å². The fraction of sp³-hybridized carbons (Fsp3) is 0.600. The first-order valence-corrected chi connectivity index (χ1v) is 9.01. The van der Waals surface area contributed by atoms with E-state index < -0.39 is 10.2 Å². The molecule has 0 saturated carbocycles. The topological polar surface area (TPSA) is 69.6 Å². The summed E-state index contributed by atoms with van der Waals surface area (Å²) < 4.78 is 29.3. The van der Waals surface area contributed by atoms with Gasteiger partial charge in [-0.25, -0.2) is 0 Å². The Bertz CT molecular complexity index is 560. The van der Waals surface area contributed by atoms with Crippen LogP contribution in [-0.2, 0) is 16.6 Å². The lowest BCUT2D eigenvalue weighted by molar-refractivity contribution is 0.156. The highest BCUT2D eigenvalue weighted by Crippen LogP contribution is 2.24. The van der Waals surface area contributed by atoms with Gasteiger partial charge in [0.15, 0.2) is 0 Å². The molecule has 1 fully saturated rings. The molecule has 0 aromatic heterocycles. The highest BCUT2D eigenvalue weighted by atomic mass is 32.2. The summed E-state index contributed by atoms with van der Waals surface area (Å²) in [4.78, 5) is 0. The molecule has 118 valence electrons. The third kappa shape index (κ3) is 3.96. The molecule has 1 aromatic rings. The van der Waals surface area contributed by atoms with E-state index in [0.717, 1.165) is 31.2 Å². The molecule has 1 heterocycles. The van der Waals surface area contributed by atoms with Crippen molar-refractivity contribution in [2.24, 2.45) is 0 Å². The Kier molecular flexibility index (Phi) is 5.61. The number of rotatable bonds is 6. The number of hydrogen-bond acceptors (Lipinski definition) is 3. The Morgan fingerprint density at radius 2 is 2.10 bits per heavy atom. The van der Waals surface area contributed by atoms with Crippen LogP contribution in [0.4, 0.5) is 5.69 Å². The molecule has 6 heteroatoms. The monoisotopic (exact) mass is 312 g/mol. The van der Waals surface area contributed by atoms with Crippen molar-refractivity contribution in [3.05, 3.63) is 29.8 Å². The average Bonchev–Trinajstić information content (AvgIpc) is 2.49. The van der Waals surface area contributed by atoms with Gasteiger partial charge in [-0.15, -0.1) is 0 Å². The summed E-state index contributed by atoms with van der Waals surface area (Å²) in [6.45, 7) is 2.41. The molecule has 1 aromatic carbocycles. The van der Waals surface area contributed by atoms with E-state index in [4.69, 9.17) is 0 Å². The molecule has 5 nitrogen and oxygen atoms in total. The fourth-order valence-electron chi connectivity index (χ4n) is 2.78. The lowest BCUT2D eigenvalue weighted by atomic mass is 10.1. The number of nitrogens with zero attached hydrogens (tertiary/aromatic N) is 1. The Morgan fingerprint density at radius 1 is 1.33 bits per heavy atom. The standard InChI is InChI=1S/C15H24N2O3S/c1-2-7-13-8-3-4-10-15(13)16-21(19,20)17-11-6-5-9-14(17)12-18/h3-4,8,10,14,16,18H,2,5-7,9,11-12H2,1H3. The van der Waals surface area contributed by atoms with Crippen molar-refractivity contribution in [3.8, 4) is 0 Å². The number of aliphatic hydroxyl groups is 1. The minimum atomic E-state index is -3.62. The molecule has 0 spiro atoms. The minimum absolute atomic E-state index is 0.127. The first-order valence-electron chi connectivity index (χ1n) is 7.57. The quantitative estimate of drug-likeness (QED) is 0.845.